The Kier molecular flexibility index (Phi) is 3.90. The Bertz CT molecular complexity index is 693. The van der Waals surface area contributed by atoms with Gasteiger partial charge in [-0.15, -0.1) is 11.3 Å². The second kappa shape index (κ2) is 5.72. The first-order chi connectivity index (χ1) is 10.5. The van der Waals surface area contributed by atoms with E-state index >= 15 is 0 Å². The topological polar surface area (TPSA) is 64.4 Å². The number of thiophene rings is 1. The number of carbonyl (C=O) groups excluding carboxylic acids is 2. The summed E-state index contributed by atoms with van der Waals surface area (Å²) in [6.45, 7) is 5.06. The van der Waals surface area contributed by atoms with Crippen LogP contribution in [0.4, 0.5) is 0 Å². The molecule has 1 aliphatic rings. The zero-order valence-corrected chi connectivity index (χ0v) is 13.8. The molecular weight excluding hydrogens is 302 g/mol. The molecule has 1 aliphatic heterocycles. The number of carbonyl (C=O) groups is 2. The van der Waals surface area contributed by atoms with Crippen molar-refractivity contribution in [3.63, 3.8) is 0 Å². The van der Waals surface area contributed by atoms with Crippen LogP contribution in [0.15, 0.2) is 6.07 Å². The summed E-state index contributed by atoms with van der Waals surface area (Å²) in [4.78, 5) is 27.6. The number of nitrogens with zero attached hydrogens (tertiary/aromatic N) is 3. The van der Waals surface area contributed by atoms with Crippen LogP contribution in [0, 0.1) is 6.92 Å². The van der Waals surface area contributed by atoms with Gasteiger partial charge in [0, 0.05) is 25.5 Å². The van der Waals surface area contributed by atoms with Crippen LogP contribution in [-0.4, -0.2) is 45.8 Å². The minimum absolute atomic E-state index is 0.107. The predicted molar refractivity (Wildman–Crippen MR) is 84.0 cm³/mol. The van der Waals surface area contributed by atoms with Gasteiger partial charge in [0.1, 0.15) is 9.71 Å². The highest BCUT2D eigenvalue weighted by atomic mass is 32.1. The van der Waals surface area contributed by atoms with Crippen LogP contribution in [-0.2, 0) is 16.6 Å². The Morgan fingerprint density at radius 1 is 1.36 bits per heavy atom. The normalized spacial score (nSPS) is 16.2. The molecule has 3 heterocycles. The molecule has 7 heteroatoms. The summed E-state index contributed by atoms with van der Waals surface area (Å²) in [5, 5.41) is 5.26. The lowest BCUT2D eigenvalue weighted by Crippen LogP contribution is -2.38. The molecule has 1 unspecified atom stereocenters. The average molecular weight is 321 g/mol. The average Bonchev–Trinajstić information content (AvgIpc) is 3.18. The molecule has 118 valence electrons. The molecule has 22 heavy (non-hydrogen) atoms. The fourth-order valence-electron chi connectivity index (χ4n) is 2.77. The molecular formula is C15H19N3O3S. The standard InChI is InChI=1S/C15H19N3O3S/c1-9-11-8-12(22-14(11)17(3)16-9)15(20)21-10(2)13(19)18-6-4-5-7-18/h8,10H,4-7H2,1-3H3. The lowest BCUT2D eigenvalue weighted by atomic mass is 10.3. The lowest BCUT2D eigenvalue weighted by Gasteiger charge is -2.20. The number of aromatic nitrogens is 2. The quantitative estimate of drug-likeness (QED) is 0.812. The maximum atomic E-state index is 12.3. The monoisotopic (exact) mass is 321 g/mol. The lowest BCUT2D eigenvalue weighted by molar-refractivity contribution is -0.138. The van der Waals surface area contributed by atoms with Crippen LogP contribution in [0.3, 0.4) is 0 Å². The van der Waals surface area contributed by atoms with E-state index in [-0.39, 0.29) is 5.91 Å². The van der Waals surface area contributed by atoms with E-state index in [1.54, 1.807) is 22.6 Å². The fraction of sp³-hybridized carbons (Fsp3) is 0.533. The van der Waals surface area contributed by atoms with Gasteiger partial charge in [0.2, 0.25) is 0 Å². The van der Waals surface area contributed by atoms with Crippen molar-refractivity contribution in [1.29, 1.82) is 0 Å². The molecule has 3 rings (SSSR count). The first-order valence-corrected chi connectivity index (χ1v) is 8.22. The summed E-state index contributed by atoms with van der Waals surface area (Å²) >= 11 is 1.34. The number of aryl methyl sites for hydroxylation is 2. The van der Waals surface area contributed by atoms with Gasteiger partial charge >= 0.3 is 5.97 Å². The molecule has 1 saturated heterocycles. The Balaban J connectivity index is 1.72. The van der Waals surface area contributed by atoms with Gasteiger partial charge in [-0.3, -0.25) is 9.48 Å². The van der Waals surface area contributed by atoms with E-state index in [1.807, 2.05) is 14.0 Å². The summed E-state index contributed by atoms with van der Waals surface area (Å²) < 4.78 is 7.09. The number of likely N-dealkylation sites (tertiary alicyclic amines) is 1. The molecule has 0 radical (unpaired) electrons. The molecule has 2 aromatic heterocycles. The smallest absolute Gasteiger partial charge is 0.349 e. The number of esters is 1. The maximum Gasteiger partial charge on any atom is 0.349 e. The van der Waals surface area contributed by atoms with Gasteiger partial charge in [0.25, 0.3) is 5.91 Å². The van der Waals surface area contributed by atoms with Gasteiger partial charge in [-0.05, 0) is 32.8 Å². The van der Waals surface area contributed by atoms with Crippen LogP contribution in [0.5, 0.6) is 0 Å². The van der Waals surface area contributed by atoms with E-state index in [1.165, 1.54) is 11.3 Å². The number of hydrogen-bond donors (Lipinski definition) is 0. The van der Waals surface area contributed by atoms with Crippen molar-refractivity contribution in [2.24, 2.45) is 7.05 Å². The third-order valence-electron chi connectivity index (χ3n) is 3.95. The summed E-state index contributed by atoms with van der Waals surface area (Å²) in [7, 11) is 1.85. The van der Waals surface area contributed by atoms with E-state index in [4.69, 9.17) is 4.74 Å². The SMILES string of the molecule is Cc1nn(C)c2sc(C(=O)OC(C)C(=O)N3CCCC3)cc12. The maximum absolute atomic E-state index is 12.3. The molecule has 1 atom stereocenters. The minimum Gasteiger partial charge on any atom is -0.448 e. The number of hydrogen-bond acceptors (Lipinski definition) is 5. The molecule has 2 aromatic rings. The molecule has 0 saturated carbocycles. The van der Waals surface area contributed by atoms with Crippen molar-refractivity contribution in [3.8, 4) is 0 Å². The number of amides is 1. The van der Waals surface area contributed by atoms with E-state index in [0.717, 1.165) is 41.8 Å². The third-order valence-corrected chi connectivity index (χ3v) is 5.13. The minimum atomic E-state index is -0.741. The van der Waals surface area contributed by atoms with Crippen molar-refractivity contribution >= 4 is 33.4 Å². The van der Waals surface area contributed by atoms with Crippen LogP contribution in [0.25, 0.3) is 10.2 Å². The van der Waals surface area contributed by atoms with Crippen LogP contribution in [0.1, 0.15) is 35.1 Å². The first-order valence-electron chi connectivity index (χ1n) is 7.40. The number of rotatable bonds is 3. The van der Waals surface area contributed by atoms with Gasteiger partial charge < -0.3 is 9.64 Å². The second-order valence-corrected chi connectivity index (χ2v) is 6.65. The van der Waals surface area contributed by atoms with Gasteiger partial charge in [-0.2, -0.15) is 5.10 Å². The van der Waals surface area contributed by atoms with Gasteiger partial charge in [-0.25, -0.2) is 4.79 Å². The van der Waals surface area contributed by atoms with Gasteiger partial charge in [0.15, 0.2) is 6.10 Å². The van der Waals surface area contributed by atoms with Crippen LogP contribution in [0.2, 0.25) is 0 Å². The first kappa shape index (κ1) is 15.0. The third kappa shape index (κ3) is 2.61. The Hall–Kier alpha value is -1.89. The highest BCUT2D eigenvalue weighted by molar-refractivity contribution is 7.20. The summed E-state index contributed by atoms with van der Waals surface area (Å²) in [5.74, 6) is -0.551. The molecule has 0 bridgehead atoms. The molecule has 1 fully saturated rings. The van der Waals surface area contributed by atoms with Crippen molar-refractivity contribution in [2.75, 3.05) is 13.1 Å². The largest absolute Gasteiger partial charge is 0.448 e. The predicted octanol–water partition coefficient (Wildman–Crippen LogP) is 2.11. The van der Waals surface area contributed by atoms with Crippen molar-refractivity contribution in [3.05, 3.63) is 16.6 Å². The van der Waals surface area contributed by atoms with E-state index in [0.29, 0.717) is 4.88 Å². The van der Waals surface area contributed by atoms with Crippen LogP contribution < -0.4 is 0 Å². The van der Waals surface area contributed by atoms with E-state index in [9.17, 15) is 9.59 Å². The summed E-state index contributed by atoms with van der Waals surface area (Å²) in [5.41, 5.74) is 0.883. The summed E-state index contributed by atoms with van der Waals surface area (Å²) in [6, 6.07) is 1.79. The highest BCUT2D eigenvalue weighted by Crippen LogP contribution is 2.28. The van der Waals surface area contributed by atoms with Gasteiger partial charge in [0.05, 0.1) is 5.69 Å². The molecule has 6 nitrogen and oxygen atoms in total. The van der Waals surface area contributed by atoms with Gasteiger partial charge in [-0.1, -0.05) is 0 Å². The van der Waals surface area contributed by atoms with Crippen molar-refractivity contribution < 1.29 is 14.3 Å². The Morgan fingerprint density at radius 3 is 2.68 bits per heavy atom. The van der Waals surface area contributed by atoms with Crippen molar-refractivity contribution in [1.82, 2.24) is 14.7 Å². The fourth-order valence-corrected chi connectivity index (χ4v) is 3.78. The van der Waals surface area contributed by atoms with E-state index in [2.05, 4.69) is 5.10 Å². The highest BCUT2D eigenvalue weighted by Gasteiger charge is 2.27. The number of fused-ring (bicyclic) bond motifs is 1. The number of ether oxygens (including phenoxy) is 1. The zero-order chi connectivity index (χ0) is 15.9. The van der Waals surface area contributed by atoms with E-state index < -0.39 is 12.1 Å². The molecule has 1 amide bonds. The Labute approximate surface area is 132 Å². The second-order valence-electron chi connectivity index (χ2n) is 5.62. The van der Waals surface area contributed by atoms with Crippen LogP contribution >= 0.6 is 11.3 Å². The van der Waals surface area contributed by atoms with Crippen molar-refractivity contribution in [2.45, 2.75) is 32.8 Å². The molecule has 0 aromatic carbocycles. The molecule has 0 N–H and O–H groups in total. The Morgan fingerprint density at radius 2 is 2.05 bits per heavy atom. The zero-order valence-electron chi connectivity index (χ0n) is 13.0. The molecule has 0 aliphatic carbocycles. The molecule has 0 spiro atoms. The summed E-state index contributed by atoms with van der Waals surface area (Å²) in [6.07, 6.45) is 1.30.